The molecule has 1 heteroatoms. The summed E-state index contributed by atoms with van der Waals surface area (Å²) >= 11 is 0. The summed E-state index contributed by atoms with van der Waals surface area (Å²) in [7, 11) is 0. The number of aryl methyl sites for hydroxylation is 1. The van der Waals surface area contributed by atoms with Gasteiger partial charge in [0, 0.05) is 11.6 Å². The largest absolute Gasteiger partial charge is 0.285 e. The first-order valence-corrected chi connectivity index (χ1v) is 8.77. The summed E-state index contributed by atoms with van der Waals surface area (Å²) in [5.41, 5.74) is 9.74. The van der Waals surface area contributed by atoms with Crippen molar-refractivity contribution in [2.45, 2.75) is 39.2 Å². The first-order valence-electron chi connectivity index (χ1n) is 8.77. The zero-order valence-corrected chi connectivity index (χ0v) is 14.4. The van der Waals surface area contributed by atoms with Gasteiger partial charge < -0.3 is 0 Å². The van der Waals surface area contributed by atoms with Crippen LogP contribution >= 0.6 is 0 Å². The van der Waals surface area contributed by atoms with E-state index in [0.29, 0.717) is 5.92 Å². The summed E-state index contributed by atoms with van der Waals surface area (Å²) in [6.45, 7) is 5.11. The lowest BCUT2D eigenvalue weighted by Gasteiger charge is -2.20. The summed E-state index contributed by atoms with van der Waals surface area (Å²) in [6.07, 6.45) is 6.82. The molecule has 2 aliphatic rings. The minimum absolute atomic E-state index is 0.557. The van der Waals surface area contributed by atoms with Crippen LogP contribution in [0.4, 0.5) is 0 Å². The average molecular weight is 313 g/mol. The smallest absolute Gasteiger partial charge is 0.0643 e. The van der Waals surface area contributed by atoms with E-state index in [1.54, 1.807) is 5.57 Å². The Bertz CT molecular complexity index is 853. The lowest BCUT2D eigenvalue weighted by molar-refractivity contribution is 0.814. The van der Waals surface area contributed by atoms with E-state index in [2.05, 4.69) is 74.5 Å². The van der Waals surface area contributed by atoms with E-state index < -0.39 is 0 Å². The molecule has 0 heterocycles. The summed E-state index contributed by atoms with van der Waals surface area (Å²) in [6, 6.07) is 17.4. The van der Waals surface area contributed by atoms with Crippen molar-refractivity contribution < 1.29 is 0 Å². The van der Waals surface area contributed by atoms with E-state index in [-0.39, 0.29) is 0 Å². The summed E-state index contributed by atoms with van der Waals surface area (Å²) in [4.78, 5) is 4.87. The molecule has 1 nitrogen and oxygen atoms in total. The van der Waals surface area contributed by atoms with Crippen LogP contribution in [-0.4, -0.2) is 5.71 Å². The van der Waals surface area contributed by atoms with E-state index in [1.165, 1.54) is 33.5 Å². The number of rotatable bonds is 3. The highest BCUT2D eigenvalue weighted by Crippen LogP contribution is 2.44. The molecular weight excluding hydrogens is 290 g/mol. The number of benzene rings is 2. The molecule has 0 N–H and O–H groups in total. The molecule has 120 valence electrons. The van der Waals surface area contributed by atoms with E-state index in [9.17, 15) is 0 Å². The highest BCUT2D eigenvalue weighted by Gasteiger charge is 2.30. The van der Waals surface area contributed by atoms with Crippen LogP contribution in [0.3, 0.4) is 0 Å². The van der Waals surface area contributed by atoms with Gasteiger partial charge in [0.05, 0.1) is 6.54 Å². The molecule has 0 spiro atoms. The lowest BCUT2D eigenvalue weighted by atomic mass is 9.85. The van der Waals surface area contributed by atoms with Crippen molar-refractivity contribution in [1.29, 1.82) is 0 Å². The molecule has 0 aliphatic heterocycles. The first kappa shape index (κ1) is 15.1. The van der Waals surface area contributed by atoms with E-state index in [1.807, 2.05) is 0 Å². The second kappa shape index (κ2) is 6.24. The van der Waals surface area contributed by atoms with Crippen molar-refractivity contribution in [1.82, 2.24) is 0 Å². The van der Waals surface area contributed by atoms with Gasteiger partial charge in [0.1, 0.15) is 0 Å². The number of hydrogen-bond donors (Lipinski definition) is 0. The van der Waals surface area contributed by atoms with Crippen molar-refractivity contribution in [3.63, 3.8) is 0 Å². The molecule has 0 bridgehead atoms. The third-order valence-corrected chi connectivity index (χ3v) is 5.21. The number of hydrogen-bond acceptors (Lipinski definition) is 1. The highest BCUT2D eigenvalue weighted by molar-refractivity contribution is 6.02. The van der Waals surface area contributed by atoms with Crippen molar-refractivity contribution in [2.75, 3.05) is 0 Å². The molecule has 0 radical (unpaired) electrons. The molecule has 0 aromatic heterocycles. The second-order valence-electron chi connectivity index (χ2n) is 6.90. The standard InChI is InChI=1S/C23H23N/c1-16-11-12-19-14-23-20(9-6-10-21(23)22(19)13-16)17(2)24-15-18-7-4-3-5-8-18/h3-9,11-13,21H,10,14-15H2,1-2H3. The van der Waals surface area contributed by atoms with Crippen LogP contribution in [0.15, 0.2) is 76.8 Å². The molecule has 2 aromatic rings. The predicted molar refractivity (Wildman–Crippen MR) is 102 cm³/mol. The topological polar surface area (TPSA) is 12.4 Å². The Morgan fingerprint density at radius 1 is 1.12 bits per heavy atom. The van der Waals surface area contributed by atoms with Crippen LogP contribution < -0.4 is 0 Å². The zero-order chi connectivity index (χ0) is 16.5. The summed E-state index contributed by atoms with van der Waals surface area (Å²) in [5, 5.41) is 0. The minimum atomic E-state index is 0.557. The zero-order valence-electron chi connectivity index (χ0n) is 14.4. The van der Waals surface area contributed by atoms with Gasteiger partial charge in [0.15, 0.2) is 0 Å². The van der Waals surface area contributed by atoms with Crippen LogP contribution in [0, 0.1) is 6.92 Å². The van der Waals surface area contributed by atoms with E-state index >= 15 is 0 Å². The Kier molecular flexibility index (Phi) is 3.93. The Hall–Kier alpha value is -2.41. The monoisotopic (exact) mass is 313 g/mol. The van der Waals surface area contributed by atoms with Crippen LogP contribution in [-0.2, 0) is 13.0 Å². The summed E-state index contributed by atoms with van der Waals surface area (Å²) in [5.74, 6) is 0.557. The Balaban J connectivity index is 1.65. The number of fused-ring (bicyclic) bond motifs is 3. The van der Waals surface area contributed by atoms with Crippen molar-refractivity contribution in [2.24, 2.45) is 4.99 Å². The Labute approximate surface area is 144 Å². The molecule has 0 amide bonds. The molecule has 4 rings (SSSR count). The van der Waals surface area contributed by atoms with Gasteiger partial charge in [0.25, 0.3) is 0 Å². The quantitative estimate of drug-likeness (QED) is 0.659. The van der Waals surface area contributed by atoms with Crippen LogP contribution in [0.1, 0.15) is 41.5 Å². The maximum atomic E-state index is 4.87. The van der Waals surface area contributed by atoms with E-state index in [0.717, 1.165) is 19.4 Å². The predicted octanol–water partition coefficient (Wildman–Crippen LogP) is 5.55. The van der Waals surface area contributed by atoms with Crippen LogP contribution in [0.2, 0.25) is 0 Å². The first-order chi connectivity index (χ1) is 11.7. The van der Waals surface area contributed by atoms with Gasteiger partial charge in [-0.05, 0) is 54.5 Å². The summed E-state index contributed by atoms with van der Waals surface area (Å²) < 4.78 is 0. The molecule has 2 aromatic carbocycles. The fourth-order valence-electron chi connectivity index (χ4n) is 3.93. The fraction of sp³-hybridized carbons (Fsp3) is 0.261. The Morgan fingerprint density at radius 3 is 2.79 bits per heavy atom. The molecule has 1 unspecified atom stereocenters. The molecule has 0 saturated carbocycles. The van der Waals surface area contributed by atoms with Crippen LogP contribution in [0.25, 0.3) is 0 Å². The maximum Gasteiger partial charge on any atom is 0.0643 e. The van der Waals surface area contributed by atoms with Gasteiger partial charge in [-0.1, -0.05) is 66.2 Å². The maximum absolute atomic E-state index is 4.87. The van der Waals surface area contributed by atoms with Gasteiger partial charge >= 0.3 is 0 Å². The van der Waals surface area contributed by atoms with Crippen molar-refractivity contribution >= 4 is 5.71 Å². The highest BCUT2D eigenvalue weighted by atomic mass is 14.7. The number of nitrogens with zero attached hydrogens (tertiary/aromatic N) is 1. The average Bonchev–Trinajstić information content (AvgIpc) is 2.98. The molecular formula is C23H23N. The second-order valence-corrected chi connectivity index (χ2v) is 6.90. The molecule has 24 heavy (non-hydrogen) atoms. The van der Waals surface area contributed by atoms with Gasteiger partial charge in [-0.25, -0.2) is 0 Å². The molecule has 2 aliphatic carbocycles. The van der Waals surface area contributed by atoms with Crippen molar-refractivity contribution in [3.8, 4) is 0 Å². The van der Waals surface area contributed by atoms with Gasteiger partial charge in [-0.3, -0.25) is 4.99 Å². The number of allylic oxidation sites excluding steroid dienone is 4. The third-order valence-electron chi connectivity index (χ3n) is 5.21. The number of aliphatic imine (C=N–C) groups is 1. The fourth-order valence-corrected chi connectivity index (χ4v) is 3.93. The van der Waals surface area contributed by atoms with Crippen LogP contribution in [0.5, 0.6) is 0 Å². The normalized spacial score (nSPS) is 19.4. The molecule has 1 atom stereocenters. The lowest BCUT2D eigenvalue weighted by Crippen LogP contribution is -2.08. The Morgan fingerprint density at radius 2 is 1.96 bits per heavy atom. The van der Waals surface area contributed by atoms with Crippen molar-refractivity contribution in [3.05, 3.63) is 94.1 Å². The van der Waals surface area contributed by atoms with Gasteiger partial charge in [0.2, 0.25) is 0 Å². The van der Waals surface area contributed by atoms with E-state index in [4.69, 9.17) is 4.99 Å². The van der Waals surface area contributed by atoms with Gasteiger partial charge in [-0.2, -0.15) is 0 Å². The third kappa shape index (κ3) is 2.75. The SMILES string of the molecule is CC(=NCc1ccccc1)C1=C2Cc3ccc(C)cc3C2CC=C1. The minimum Gasteiger partial charge on any atom is -0.285 e. The molecule has 0 saturated heterocycles. The molecule has 0 fully saturated rings. The van der Waals surface area contributed by atoms with Gasteiger partial charge in [-0.15, -0.1) is 0 Å².